The summed E-state index contributed by atoms with van der Waals surface area (Å²) in [7, 11) is 0. The van der Waals surface area contributed by atoms with Gasteiger partial charge in [-0.05, 0) is 50.0 Å². The molecule has 5 rings (SSSR count). The molecule has 2 aliphatic heterocycles. The molecule has 1 aromatic carbocycles. The van der Waals surface area contributed by atoms with E-state index in [4.69, 9.17) is 4.74 Å². The van der Waals surface area contributed by atoms with Crippen molar-refractivity contribution in [3.8, 4) is 11.3 Å². The summed E-state index contributed by atoms with van der Waals surface area (Å²) in [5.41, 5.74) is 3.64. The molecule has 1 unspecified atom stereocenters. The SMILES string of the molecule is CC1CCC2(CC1)NC(=O)N(NC(=O)CSc1ncc(-c3ccccc3)n1CC1CCCO1)C2=O. The van der Waals surface area contributed by atoms with Gasteiger partial charge in [0.2, 0.25) is 5.91 Å². The Morgan fingerprint density at radius 2 is 2.00 bits per heavy atom. The number of hydrogen-bond donors (Lipinski definition) is 2. The fourth-order valence-corrected chi connectivity index (χ4v) is 5.87. The zero-order chi connectivity index (χ0) is 24.4. The minimum absolute atomic E-state index is 0.0257. The van der Waals surface area contributed by atoms with Crippen molar-refractivity contribution >= 4 is 29.6 Å². The molecule has 3 fully saturated rings. The third kappa shape index (κ3) is 4.95. The van der Waals surface area contributed by atoms with Gasteiger partial charge >= 0.3 is 6.03 Å². The standard InChI is InChI=1S/C25H31N5O4S/c1-17-9-11-25(12-10-17)22(32)30(23(33)27-25)28-21(31)16-35-24-26-14-20(18-6-3-2-4-7-18)29(24)15-19-8-5-13-34-19/h2-4,6-7,14,17,19H,5,8-13,15-16H2,1H3,(H,27,33)(H,28,31). The maximum atomic E-state index is 13.0. The maximum Gasteiger partial charge on any atom is 0.344 e. The van der Waals surface area contributed by atoms with E-state index in [1.807, 2.05) is 36.5 Å². The lowest BCUT2D eigenvalue weighted by Gasteiger charge is -2.33. The lowest BCUT2D eigenvalue weighted by molar-refractivity contribution is -0.139. The molecule has 4 amide bonds. The number of ether oxygens (including phenoxy) is 1. The number of nitrogens with zero attached hydrogens (tertiary/aromatic N) is 3. The van der Waals surface area contributed by atoms with Crippen LogP contribution in [0, 0.1) is 5.92 Å². The number of hydrazine groups is 1. The monoisotopic (exact) mass is 497 g/mol. The van der Waals surface area contributed by atoms with Crippen molar-refractivity contribution in [2.75, 3.05) is 12.4 Å². The average molecular weight is 498 g/mol. The molecular weight excluding hydrogens is 466 g/mol. The second-order valence-corrected chi connectivity index (χ2v) is 10.6. The van der Waals surface area contributed by atoms with Gasteiger partial charge in [-0.1, -0.05) is 49.0 Å². The molecule has 35 heavy (non-hydrogen) atoms. The Hall–Kier alpha value is -2.85. The van der Waals surface area contributed by atoms with Crippen LogP contribution in [0.2, 0.25) is 0 Å². The zero-order valence-corrected chi connectivity index (χ0v) is 20.7. The van der Waals surface area contributed by atoms with E-state index in [-0.39, 0.29) is 17.8 Å². The van der Waals surface area contributed by atoms with Crippen molar-refractivity contribution < 1.29 is 19.1 Å². The van der Waals surface area contributed by atoms with E-state index in [0.29, 0.717) is 30.5 Å². The van der Waals surface area contributed by atoms with E-state index in [0.717, 1.165) is 48.6 Å². The zero-order valence-electron chi connectivity index (χ0n) is 19.9. The van der Waals surface area contributed by atoms with Crippen LogP contribution in [0.15, 0.2) is 41.7 Å². The molecule has 0 radical (unpaired) electrons. The highest BCUT2D eigenvalue weighted by molar-refractivity contribution is 7.99. The Morgan fingerprint density at radius 3 is 2.71 bits per heavy atom. The summed E-state index contributed by atoms with van der Waals surface area (Å²) >= 11 is 1.28. The number of carbonyl (C=O) groups excluding carboxylic acids is 3. The third-order valence-electron chi connectivity index (χ3n) is 7.16. The first-order chi connectivity index (χ1) is 16.9. The van der Waals surface area contributed by atoms with Crippen LogP contribution in [-0.4, -0.2) is 56.4 Å². The number of carbonyl (C=O) groups is 3. The predicted molar refractivity (Wildman–Crippen MR) is 131 cm³/mol. The van der Waals surface area contributed by atoms with Gasteiger partial charge in [0.1, 0.15) is 5.54 Å². The highest BCUT2D eigenvalue weighted by Crippen LogP contribution is 2.36. The normalized spacial score (nSPS) is 26.4. The highest BCUT2D eigenvalue weighted by Gasteiger charge is 2.52. The fraction of sp³-hybridized carbons (Fsp3) is 0.520. The number of imide groups is 1. The molecule has 2 saturated heterocycles. The van der Waals surface area contributed by atoms with Crippen LogP contribution in [0.1, 0.15) is 45.4 Å². The summed E-state index contributed by atoms with van der Waals surface area (Å²) in [4.78, 5) is 42.8. The lowest BCUT2D eigenvalue weighted by Crippen LogP contribution is -2.51. The first kappa shape index (κ1) is 23.9. The van der Waals surface area contributed by atoms with E-state index in [2.05, 4.69) is 27.2 Å². The van der Waals surface area contributed by atoms with Crippen molar-refractivity contribution in [3.63, 3.8) is 0 Å². The Morgan fingerprint density at radius 1 is 1.23 bits per heavy atom. The molecule has 1 spiro atoms. The molecule has 10 heteroatoms. The van der Waals surface area contributed by atoms with Crippen LogP contribution in [-0.2, 0) is 20.9 Å². The molecule has 1 aromatic heterocycles. The number of nitrogens with one attached hydrogen (secondary N) is 2. The van der Waals surface area contributed by atoms with Crippen molar-refractivity contribution in [3.05, 3.63) is 36.5 Å². The van der Waals surface area contributed by atoms with Gasteiger partial charge in [0, 0.05) is 6.61 Å². The van der Waals surface area contributed by atoms with Crippen molar-refractivity contribution in [2.24, 2.45) is 5.92 Å². The molecule has 0 bridgehead atoms. The van der Waals surface area contributed by atoms with Crippen molar-refractivity contribution in [2.45, 2.75) is 68.8 Å². The number of aromatic nitrogens is 2. The number of hydrogen-bond acceptors (Lipinski definition) is 6. The molecule has 3 aliphatic rings. The van der Waals surface area contributed by atoms with Crippen LogP contribution in [0.3, 0.4) is 0 Å². The van der Waals surface area contributed by atoms with Gasteiger partial charge in [0.05, 0.1) is 30.3 Å². The summed E-state index contributed by atoms with van der Waals surface area (Å²) in [5.74, 6) is -0.228. The Balaban J connectivity index is 1.25. The topological polar surface area (TPSA) is 106 Å². The number of amides is 4. The van der Waals surface area contributed by atoms with Crippen LogP contribution in [0.5, 0.6) is 0 Å². The Kier molecular flexibility index (Phi) is 6.84. The van der Waals surface area contributed by atoms with E-state index >= 15 is 0 Å². The van der Waals surface area contributed by atoms with Gasteiger partial charge in [-0.3, -0.25) is 15.0 Å². The molecule has 1 atom stereocenters. The molecule has 1 saturated carbocycles. The number of imidazole rings is 1. The molecule has 186 valence electrons. The summed E-state index contributed by atoms with van der Waals surface area (Å²) in [6.45, 7) is 3.57. The van der Waals surface area contributed by atoms with Crippen molar-refractivity contribution in [1.29, 1.82) is 0 Å². The van der Waals surface area contributed by atoms with Gasteiger partial charge < -0.3 is 14.6 Å². The molecule has 2 N–H and O–H groups in total. The second kappa shape index (κ2) is 10.0. The first-order valence-corrected chi connectivity index (χ1v) is 13.3. The van der Waals surface area contributed by atoms with Gasteiger partial charge in [-0.15, -0.1) is 0 Å². The first-order valence-electron chi connectivity index (χ1n) is 12.3. The second-order valence-electron chi connectivity index (χ2n) is 9.70. The largest absolute Gasteiger partial charge is 0.376 e. The van der Waals surface area contributed by atoms with E-state index in [1.54, 1.807) is 0 Å². The predicted octanol–water partition coefficient (Wildman–Crippen LogP) is 3.35. The average Bonchev–Trinajstić information content (AvgIpc) is 3.57. The van der Waals surface area contributed by atoms with E-state index in [9.17, 15) is 14.4 Å². The molecule has 1 aliphatic carbocycles. The number of benzene rings is 1. The Bertz CT molecular complexity index is 1090. The highest BCUT2D eigenvalue weighted by atomic mass is 32.2. The maximum absolute atomic E-state index is 13.0. The molecular formula is C25H31N5O4S. The number of rotatable bonds is 7. The minimum Gasteiger partial charge on any atom is -0.376 e. The fourth-order valence-electron chi connectivity index (χ4n) is 5.08. The van der Waals surface area contributed by atoms with Crippen molar-refractivity contribution in [1.82, 2.24) is 25.3 Å². The molecule has 3 heterocycles. The van der Waals surface area contributed by atoms with Crippen LogP contribution in [0.25, 0.3) is 11.3 Å². The van der Waals surface area contributed by atoms with Crippen LogP contribution < -0.4 is 10.7 Å². The smallest absolute Gasteiger partial charge is 0.344 e. The summed E-state index contributed by atoms with van der Waals surface area (Å²) in [6, 6.07) is 9.44. The quantitative estimate of drug-likeness (QED) is 0.449. The Labute approximate surface area is 208 Å². The molecule has 9 nitrogen and oxygen atoms in total. The lowest BCUT2D eigenvalue weighted by atomic mass is 9.77. The molecule has 2 aromatic rings. The number of urea groups is 1. The summed E-state index contributed by atoms with van der Waals surface area (Å²) < 4.78 is 7.94. The van der Waals surface area contributed by atoms with E-state index < -0.39 is 17.5 Å². The van der Waals surface area contributed by atoms with Crippen LogP contribution >= 0.6 is 11.8 Å². The number of thioether (sulfide) groups is 1. The van der Waals surface area contributed by atoms with E-state index in [1.165, 1.54) is 11.8 Å². The van der Waals surface area contributed by atoms with Gasteiger partial charge in [0.15, 0.2) is 5.16 Å². The van der Waals surface area contributed by atoms with Gasteiger partial charge in [-0.25, -0.2) is 9.78 Å². The summed E-state index contributed by atoms with van der Waals surface area (Å²) in [5, 5.41) is 4.38. The van der Waals surface area contributed by atoms with Gasteiger partial charge in [-0.2, -0.15) is 5.01 Å². The summed E-state index contributed by atoms with van der Waals surface area (Å²) in [6.07, 6.45) is 6.91. The minimum atomic E-state index is -0.883. The third-order valence-corrected chi connectivity index (χ3v) is 8.15. The van der Waals surface area contributed by atoms with Crippen LogP contribution in [0.4, 0.5) is 4.79 Å². The van der Waals surface area contributed by atoms with Gasteiger partial charge in [0.25, 0.3) is 5.91 Å².